The van der Waals surface area contributed by atoms with Gasteiger partial charge in [-0.3, -0.25) is 0 Å². The van der Waals surface area contributed by atoms with Crippen molar-refractivity contribution in [3.63, 3.8) is 0 Å². The first-order valence-electron chi connectivity index (χ1n) is 5.50. The fourth-order valence-electron chi connectivity index (χ4n) is 1.96. The van der Waals surface area contributed by atoms with Gasteiger partial charge in [-0.05, 0) is 19.1 Å². The molecule has 0 radical (unpaired) electrons. The molecule has 0 aromatic heterocycles. The fraction of sp³-hybridized carbons (Fsp3) is 0.455. The number of hydrogen-bond acceptors (Lipinski definition) is 3. The molecule has 1 aliphatic rings. The van der Waals surface area contributed by atoms with Crippen molar-refractivity contribution in [3.05, 3.63) is 30.1 Å². The average Bonchev–Trinajstić information content (AvgIpc) is 2.29. The first-order chi connectivity index (χ1) is 8.03. The van der Waals surface area contributed by atoms with Crippen LogP contribution in [-0.2, 0) is 10.0 Å². The number of nitrogens with one attached hydrogen (secondary N) is 1. The predicted molar refractivity (Wildman–Crippen MR) is 62.6 cm³/mol. The standard InChI is InChI=1S/C11H15FN2O2S/c1-9-8-13-6-7-14(9)17(15,16)11-5-3-2-4-10(11)12/h2-5,9,13H,6-8H2,1H3/t9-/m0/s1. The van der Waals surface area contributed by atoms with E-state index in [-0.39, 0.29) is 10.9 Å². The van der Waals surface area contributed by atoms with Crippen LogP contribution in [0.4, 0.5) is 4.39 Å². The van der Waals surface area contributed by atoms with Gasteiger partial charge in [-0.2, -0.15) is 4.31 Å². The Kier molecular flexibility index (Phi) is 3.46. The largest absolute Gasteiger partial charge is 0.314 e. The smallest absolute Gasteiger partial charge is 0.246 e. The Hall–Kier alpha value is -0.980. The molecule has 1 saturated heterocycles. The lowest BCUT2D eigenvalue weighted by Crippen LogP contribution is -2.52. The van der Waals surface area contributed by atoms with Crippen LogP contribution in [0, 0.1) is 5.82 Å². The summed E-state index contributed by atoms with van der Waals surface area (Å²) in [5.41, 5.74) is 0. The Morgan fingerprint density at radius 3 is 2.76 bits per heavy atom. The second-order valence-electron chi connectivity index (χ2n) is 4.10. The Morgan fingerprint density at radius 2 is 2.12 bits per heavy atom. The average molecular weight is 258 g/mol. The molecule has 4 nitrogen and oxygen atoms in total. The van der Waals surface area contributed by atoms with Crippen LogP contribution >= 0.6 is 0 Å². The second-order valence-corrected chi connectivity index (χ2v) is 5.96. The highest BCUT2D eigenvalue weighted by Crippen LogP contribution is 2.21. The molecule has 1 fully saturated rings. The zero-order valence-corrected chi connectivity index (χ0v) is 10.4. The molecule has 0 amide bonds. The fourth-order valence-corrected chi connectivity index (χ4v) is 3.66. The van der Waals surface area contributed by atoms with Crippen LogP contribution in [0.2, 0.25) is 0 Å². The van der Waals surface area contributed by atoms with Crippen LogP contribution in [0.3, 0.4) is 0 Å². The van der Waals surface area contributed by atoms with Gasteiger partial charge in [0.1, 0.15) is 10.7 Å². The molecule has 6 heteroatoms. The van der Waals surface area contributed by atoms with Crippen molar-refractivity contribution in [2.75, 3.05) is 19.6 Å². The summed E-state index contributed by atoms with van der Waals surface area (Å²) in [6, 6.07) is 5.32. The van der Waals surface area contributed by atoms with Gasteiger partial charge >= 0.3 is 0 Å². The molecule has 1 aliphatic heterocycles. The number of hydrogen-bond donors (Lipinski definition) is 1. The first-order valence-corrected chi connectivity index (χ1v) is 6.94. The van der Waals surface area contributed by atoms with Gasteiger partial charge in [-0.25, -0.2) is 12.8 Å². The van der Waals surface area contributed by atoms with Crippen LogP contribution in [0.1, 0.15) is 6.92 Å². The van der Waals surface area contributed by atoms with E-state index in [1.54, 1.807) is 0 Å². The van der Waals surface area contributed by atoms with Crippen molar-refractivity contribution < 1.29 is 12.8 Å². The summed E-state index contributed by atoms with van der Waals surface area (Å²) < 4.78 is 39.4. The van der Waals surface area contributed by atoms with E-state index < -0.39 is 15.8 Å². The summed E-state index contributed by atoms with van der Waals surface area (Å²) in [6.07, 6.45) is 0. The Balaban J connectivity index is 2.39. The number of piperazine rings is 1. The Morgan fingerprint density at radius 1 is 1.41 bits per heavy atom. The van der Waals surface area contributed by atoms with E-state index >= 15 is 0 Å². The van der Waals surface area contributed by atoms with Crippen molar-refractivity contribution >= 4 is 10.0 Å². The van der Waals surface area contributed by atoms with E-state index in [0.717, 1.165) is 0 Å². The van der Waals surface area contributed by atoms with Crippen molar-refractivity contribution in [3.8, 4) is 0 Å². The summed E-state index contributed by atoms with van der Waals surface area (Å²) in [4.78, 5) is -0.242. The van der Waals surface area contributed by atoms with Crippen molar-refractivity contribution in [2.24, 2.45) is 0 Å². The van der Waals surface area contributed by atoms with Gasteiger partial charge in [0.05, 0.1) is 0 Å². The van der Waals surface area contributed by atoms with Gasteiger partial charge in [0.25, 0.3) is 0 Å². The molecule has 0 saturated carbocycles. The van der Waals surface area contributed by atoms with Gasteiger partial charge in [0.15, 0.2) is 0 Å². The maximum Gasteiger partial charge on any atom is 0.246 e. The molecule has 0 bridgehead atoms. The lowest BCUT2D eigenvalue weighted by Gasteiger charge is -2.32. The molecular weight excluding hydrogens is 243 g/mol. The molecule has 17 heavy (non-hydrogen) atoms. The highest BCUT2D eigenvalue weighted by molar-refractivity contribution is 7.89. The van der Waals surface area contributed by atoms with Gasteiger partial charge in [-0.1, -0.05) is 12.1 Å². The van der Waals surface area contributed by atoms with Gasteiger partial charge < -0.3 is 5.32 Å². The molecule has 0 unspecified atom stereocenters. The van der Waals surface area contributed by atoms with E-state index in [9.17, 15) is 12.8 Å². The van der Waals surface area contributed by atoms with E-state index in [2.05, 4.69) is 5.32 Å². The summed E-state index contributed by atoms with van der Waals surface area (Å²) in [5.74, 6) is -0.696. The highest BCUT2D eigenvalue weighted by Gasteiger charge is 2.32. The third-order valence-corrected chi connectivity index (χ3v) is 4.91. The number of rotatable bonds is 2. The second kappa shape index (κ2) is 4.72. The zero-order valence-electron chi connectivity index (χ0n) is 9.56. The van der Waals surface area contributed by atoms with E-state index in [0.29, 0.717) is 19.6 Å². The molecule has 94 valence electrons. The van der Waals surface area contributed by atoms with Crippen LogP contribution in [-0.4, -0.2) is 38.4 Å². The summed E-state index contributed by atoms with van der Waals surface area (Å²) in [5, 5.41) is 3.10. The number of sulfonamides is 1. The van der Waals surface area contributed by atoms with E-state index in [4.69, 9.17) is 0 Å². The van der Waals surface area contributed by atoms with E-state index in [1.807, 2.05) is 6.92 Å². The maximum atomic E-state index is 13.5. The normalized spacial score (nSPS) is 22.6. The molecule has 1 aromatic rings. The lowest BCUT2D eigenvalue weighted by atomic mass is 10.3. The lowest BCUT2D eigenvalue weighted by molar-refractivity contribution is 0.283. The molecule has 0 aliphatic carbocycles. The topological polar surface area (TPSA) is 49.4 Å². The van der Waals surface area contributed by atoms with Crippen molar-refractivity contribution in [1.29, 1.82) is 0 Å². The predicted octanol–water partition coefficient (Wildman–Crippen LogP) is 0.808. The molecule has 1 heterocycles. The Bertz CT molecular complexity index is 504. The maximum absolute atomic E-state index is 13.5. The minimum atomic E-state index is -3.72. The Labute approximate surface area is 100 Å². The monoisotopic (exact) mass is 258 g/mol. The van der Waals surface area contributed by atoms with Crippen LogP contribution in [0.25, 0.3) is 0 Å². The van der Waals surface area contributed by atoms with Gasteiger partial charge in [-0.15, -0.1) is 0 Å². The molecule has 1 aromatic carbocycles. The van der Waals surface area contributed by atoms with Crippen LogP contribution in [0.5, 0.6) is 0 Å². The zero-order chi connectivity index (χ0) is 12.5. The first kappa shape index (κ1) is 12.5. The highest BCUT2D eigenvalue weighted by atomic mass is 32.2. The summed E-state index contributed by atoms with van der Waals surface area (Å²) in [7, 11) is -3.72. The molecule has 0 spiro atoms. The SMILES string of the molecule is C[C@H]1CNCCN1S(=O)(=O)c1ccccc1F. The summed E-state index contributed by atoms with van der Waals surface area (Å²) >= 11 is 0. The number of nitrogens with zero attached hydrogens (tertiary/aromatic N) is 1. The van der Waals surface area contributed by atoms with Crippen molar-refractivity contribution in [2.45, 2.75) is 17.9 Å². The van der Waals surface area contributed by atoms with Crippen LogP contribution in [0.15, 0.2) is 29.2 Å². The third-order valence-electron chi connectivity index (χ3n) is 2.86. The quantitative estimate of drug-likeness (QED) is 0.854. The number of halogens is 1. The van der Waals surface area contributed by atoms with Gasteiger partial charge in [0.2, 0.25) is 10.0 Å². The van der Waals surface area contributed by atoms with Crippen molar-refractivity contribution in [1.82, 2.24) is 9.62 Å². The molecule has 1 atom stereocenters. The number of benzene rings is 1. The van der Waals surface area contributed by atoms with Gasteiger partial charge in [0, 0.05) is 25.7 Å². The minimum absolute atomic E-state index is 0.159. The molecular formula is C11H15FN2O2S. The molecule has 1 N–H and O–H groups in total. The minimum Gasteiger partial charge on any atom is -0.314 e. The third kappa shape index (κ3) is 2.34. The van der Waals surface area contributed by atoms with E-state index in [1.165, 1.54) is 28.6 Å². The summed E-state index contributed by atoms with van der Waals surface area (Å²) in [6.45, 7) is 3.37. The van der Waals surface area contributed by atoms with Crippen LogP contribution < -0.4 is 5.32 Å². The molecule has 2 rings (SSSR count).